The van der Waals surface area contributed by atoms with Gasteiger partial charge in [-0.1, -0.05) is 34.1 Å². The molecule has 4 rings (SSSR count). The number of rotatable bonds is 20. The Morgan fingerprint density at radius 2 is 1.64 bits per heavy atom. The summed E-state index contributed by atoms with van der Waals surface area (Å²) >= 11 is 0. The first-order valence-corrected chi connectivity index (χ1v) is 20.5. The van der Waals surface area contributed by atoms with Crippen molar-refractivity contribution in [3.8, 4) is 0 Å². The molecule has 1 aromatic rings. The number of carboxylic acid groups (broad SMARTS) is 1. The Hall–Kier alpha value is -2.39. The highest BCUT2D eigenvalue weighted by atomic mass is 33.1. The van der Waals surface area contributed by atoms with Gasteiger partial charge in [0.1, 0.15) is 61.0 Å². The number of nitrogens with one attached hydrogen (secondary N) is 3. The molecule has 3 fully saturated rings. The Morgan fingerprint density at radius 1 is 0.929 bits per heavy atom. The number of ether oxygens (including phenoxy) is 4. The Labute approximate surface area is 330 Å². The van der Waals surface area contributed by atoms with E-state index in [1.807, 2.05) is 21.6 Å². The number of amides is 2. The second-order valence-corrected chi connectivity index (χ2v) is 16.6. The van der Waals surface area contributed by atoms with E-state index in [4.69, 9.17) is 18.9 Å². The molecular formula is C34H53N3O17S2. The van der Waals surface area contributed by atoms with Crippen LogP contribution < -0.4 is 16.0 Å². The van der Waals surface area contributed by atoms with E-state index in [1.165, 1.54) is 12.2 Å². The predicted octanol–water partition coefficient (Wildman–Crippen LogP) is -2.93. The minimum absolute atomic E-state index is 0.134. The molecule has 0 saturated carbocycles. The molecule has 0 spiro atoms. The van der Waals surface area contributed by atoms with E-state index in [0.29, 0.717) is 23.0 Å². The Kier molecular flexibility index (Phi) is 18.3. The third kappa shape index (κ3) is 12.8. The molecule has 3 aliphatic rings. The van der Waals surface area contributed by atoms with Gasteiger partial charge in [0.15, 0.2) is 18.7 Å². The number of aliphatic carboxylic acids is 1. The summed E-state index contributed by atoms with van der Waals surface area (Å²) in [4.78, 5) is 36.2. The van der Waals surface area contributed by atoms with E-state index >= 15 is 0 Å². The molecule has 20 nitrogen and oxygen atoms in total. The minimum Gasteiger partial charge on any atom is -0.479 e. The highest BCUT2D eigenvalue weighted by Crippen LogP contribution is 2.40. The molecule has 318 valence electrons. The number of anilines is 2. The highest BCUT2D eigenvalue weighted by molar-refractivity contribution is 8.77. The fraction of sp³-hybridized carbons (Fsp3) is 0.735. The number of aliphatic hydroxyl groups is 9. The standard InChI is InChI=1S/C34H53N3O17S2/c1-15(39)36-23-30(53-34-29(48)27(46)28(47)31(54-34)32(49)50)26(45)21(13-38)52-33(23)51-14-20(41)25(44)24(43)19(40)12-35-16-5-4-6-17(11-16)37-22(42)8-3-2-7-18-9-10-55-56-18/h4-6,11,18-21,23-31,33-35,38,40-41,43-48H,2-3,7-10,12-14H2,1H3,(H,36,39)(H,37,42)(H,49,50)/t18?,19-,20+,21+,23+,24+,25+,26-,27-,28-,29+,30+,31-,33+,34+/m0/s1. The van der Waals surface area contributed by atoms with E-state index in [1.54, 1.807) is 24.3 Å². The van der Waals surface area contributed by atoms with Crippen LogP contribution in [0.5, 0.6) is 0 Å². The van der Waals surface area contributed by atoms with Crippen LogP contribution in [-0.4, -0.2) is 185 Å². The average molecular weight is 840 g/mol. The van der Waals surface area contributed by atoms with Gasteiger partial charge >= 0.3 is 5.97 Å². The van der Waals surface area contributed by atoms with Crippen molar-refractivity contribution in [3.63, 3.8) is 0 Å². The van der Waals surface area contributed by atoms with Gasteiger partial charge < -0.3 is 86.0 Å². The average Bonchev–Trinajstić information content (AvgIpc) is 3.69. The monoisotopic (exact) mass is 839 g/mol. The number of carbonyl (C=O) groups excluding carboxylic acids is 2. The zero-order chi connectivity index (χ0) is 41.1. The Bertz CT molecular complexity index is 1420. The van der Waals surface area contributed by atoms with Crippen molar-refractivity contribution in [1.29, 1.82) is 0 Å². The quantitative estimate of drug-likeness (QED) is 0.0462. The molecule has 3 saturated heterocycles. The highest BCUT2D eigenvalue weighted by Gasteiger charge is 2.53. The zero-order valence-electron chi connectivity index (χ0n) is 30.5. The van der Waals surface area contributed by atoms with E-state index in [2.05, 4.69) is 16.0 Å². The van der Waals surface area contributed by atoms with Crippen molar-refractivity contribution < 1.29 is 84.4 Å². The van der Waals surface area contributed by atoms with Gasteiger partial charge in [-0.05, 0) is 37.5 Å². The summed E-state index contributed by atoms with van der Waals surface area (Å²) in [5, 5.41) is 112. The van der Waals surface area contributed by atoms with Crippen LogP contribution in [0.15, 0.2) is 24.3 Å². The second kappa shape index (κ2) is 22.1. The topological polar surface area (TPSA) is 327 Å². The molecule has 56 heavy (non-hydrogen) atoms. The van der Waals surface area contributed by atoms with Crippen LogP contribution in [0.1, 0.15) is 39.0 Å². The van der Waals surface area contributed by atoms with Gasteiger partial charge in [-0.3, -0.25) is 9.59 Å². The maximum Gasteiger partial charge on any atom is 0.335 e. The Morgan fingerprint density at radius 3 is 2.30 bits per heavy atom. The van der Waals surface area contributed by atoms with Gasteiger partial charge in [-0.25, -0.2) is 4.79 Å². The van der Waals surface area contributed by atoms with Crippen molar-refractivity contribution in [1.82, 2.24) is 5.32 Å². The molecule has 3 aliphatic heterocycles. The molecule has 0 aromatic heterocycles. The van der Waals surface area contributed by atoms with Gasteiger partial charge in [-0.15, -0.1) is 0 Å². The van der Waals surface area contributed by atoms with Gasteiger partial charge in [0.25, 0.3) is 0 Å². The lowest BCUT2D eigenvalue weighted by Crippen LogP contribution is -2.68. The molecule has 15 atom stereocenters. The lowest BCUT2D eigenvalue weighted by Gasteiger charge is -2.47. The number of aliphatic hydroxyl groups excluding tert-OH is 9. The van der Waals surface area contributed by atoms with Gasteiger partial charge in [-0.2, -0.15) is 0 Å². The third-order valence-electron chi connectivity index (χ3n) is 9.47. The molecule has 0 bridgehead atoms. The van der Waals surface area contributed by atoms with Crippen molar-refractivity contribution in [3.05, 3.63) is 24.3 Å². The molecule has 22 heteroatoms. The van der Waals surface area contributed by atoms with E-state index in [0.717, 1.165) is 26.2 Å². The van der Waals surface area contributed by atoms with Crippen LogP contribution >= 0.6 is 21.6 Å². The first-order chi connectivity index (χ1) is 26.6. The largest absolute Gasteiger partial charge is 0.479 e. The summed E-state index contributed by atoms with van der Waals surface area (Å²) in [5.74, 6) is -1.41. The summed E-state index contributed by atoms with van der Waals surface area (Å²) in [7, 11) is 3.79. The van der Waals surface area contributed by atoms with Crippen LogP contribution in [0.3, 0.4) is 0 Å². The second-order valence-electron chi connectivity index (χ2n) is 13.8. The Balaban J connectivity index is 1.30. The molecule has 0 radical (unpaired) electrons. The fourth-order valence-electron chi connectivity index (χ4n) is 6.32. The number of carbonyl (C=O) groups is 3. The van der Waals surface area contributed by atoms with E-state index in [9.17, 15) is 65.4 Å². The molecule has 1 unspecified atom stereocenters. The normalized spacial score (nSPS) is 32.9. The number of carboxylic acids is 1. The number of unbranched alkanes of at least 4 members (excludes halogenated alkanes) is 1. The number of benzene rings is 1. The van der Waals surface area contributed by atoms with Crippen molar-refractivity contribution >= 4 is 50.7 Å². The predicted molar refractivity (Wildman–Crippen MR) is 199 cm³/mol. The van der Waals surface area contributed by atoms with Crippen molar-refractivity contribution in [2.45, 2.75) is 130 Å². The van der Waals surface area contributed by atoms with Crippen LogP contribution in [0.2, 0.25) is 0 Å². The smallest absolute Gasteiger partial charge is 0.335 e. The lowest BCUT2D eigenvalue weighted by molar-refractivity contribution is -0.341. The third-order valence-corrected chi connectivity index (χ3v) is 12.5. The summed E-state index contributed by atoms with van der Waals surface area (Å²) in [5.41, 5.74) is 0.995. The lowest BCUT2D eigenvalue weighted by atomic mass is 9.95. The van der Waals surface area contributed by atoms with Crippen LogP contribution in [0.4, 0.5) is 11.4 Å². The summed E-state index contributed by atoms with van der Waals surface area (Å²) in [6.07, 6.45) is -20.0. The summed E-state index contributed by atoms with van der Waals surface area (Å²) in [6.45, 7) is -0.914. The summed E-state index contributed by atoms with van der Waals surface area (Å²) in [6, 6.07) is 5.13. The molecule has 0 aliphatic carbocycles. The number of hydrogen-bond acceptors (Lipinski definition) is 19. The summed E-state index contributed by atoms with van der Waals surface area (Å²) < 4.78 is 21.9. The molecule has 1 aromatic carbocycles. The van der Waals surface area contributed by atoms with E-state index < -0.39 is 111 Å². The zero-order valence-corrected chi connectivity index (χ0v) is 32.1. The molecule has 3 heterocycles. The molecule has 2 amide bonds. The first-order valence-electron chi connectivity index (χ1n) is 18.2. The SMILES string of the molecule is CC(=O)N[C@H]1[C@H](OC[C@@H](O)[C@@H](O)[C@H](O)[C@@H](O)CNc2cccc(NC(=O)CCCCC3CCSS3)c2)O[C@H](CO)[C@H](O)[C@@H]1O[C@@H]1O[C@H](C(=O)O)[C@@H](O)[C@H](O)[C@H]1O. The van der Waals surface area contributed by atoms with E-state index in [-0.39, 0.29) is 12.5 Å². The first kappa shape index (κ1) is 46.3. The van der Waals surface area contributed by atoms with Gasteiger partial charge in [0.2, 0.25) is 11.8 Å². The number of hydrogen-bond donors (Lipinski definition) is 13. The van der Waals surface area contributed by atoms with Crippen molar-refractivity contribution in [2.75, 3.05) is 36.1 Å². The maximum atomic E-state index is 12.5. The van der Waals surface area contributed by atoms with Gasteiger partial charge in [0, 0.05) is 42.3 Å². The van der Waals surface area contributed by atoms with Crippen LogP contribution in [0, 0.1) is 0 Å². The van der Waals surface area contributed by atoms with Crippen molar-refractivity contribution in [2.24, 2.45) is 0 Å². The molecular weight excluding hydrogens is 787 g/mol. The molecule has 13 N–H and O–H groups in total. The van der Waals surface area contributed by atoms with Gasteiger partial charge in [0.05, 0.1) is 19.3 Å². The minimum atomic E-state index is -2.07. The van der Waals surface area contributed by atoms with Crippen LogP contribution in [-0.2, 0) is 33.3 Å². The maximum absolute atomic E-state index is 12.5. The van der Waals surface area contributed by atoms with Crippen LogP contribution in [0.25, 0.3) is 0 Å². The fourth-order valence-corrected chi connectivity index (χ4v) is 9.35.